The molecule has 0 radical (unpaired) electrons. The summed E-state index contributed by atoms with van der Waals surface area (Å²) in [6, 6.07) is 7.01. The number of nitrogens with one attached hydrogen (secondary N) is 1. The first-order valence-corrected chi connectivity index (χ1v) is 6.35. The van der Waals surface area contributed by atoms with Crippen LogP contribution >= 0.6 is 0 Å². The number of fused-ring (bicyclic) bond motifs is 1. The van der Waals surface area contributed by atoms with E-state index in [-0.39, 0.29) is 5.91 Å². The molecular formula is C14H15N3O2. The summed E-state index contributed by atoms with van der Waals surface area (Å²) in [4.78, 5) is 28.6. The maximum Gasteiger partial charge on any atom is 0.256 e. The summed E-state index contributed by atoms with van der Waals surface area (Å²) in [7, 11) is 0. The first-order chi connectivity index (χ1) is 9.18. The van der Waals surface area contributed by atoms with Crippen molar-refractivity contribution in [3.05, 3.63) is 36.0 Å². The number of carbonyl (C=O) groups excluding carboxylic acids is 2. The van der Waals surface area contributed by atoms with Gasteiger partial charge in [0.05, 0.1) is 11.1 Å². The summed E-state index contributed by atoms with van der Waals surface area (Å²) >= 11 is 0. The minimum atomic E-state index is -0.474. The maximum atomic E-state index is 12.6. The van der Waals surface area contributed by atoms with Crippen LogP contribution < -0.4 is 5.73 Å². The van der Waals surface area contributed by atoms with Crippen LogP contribution in [0.4, 0.5) is 0 Å². The summed E-state index contributed by atoms with van der Waals surface area (Å²) < 4.78 is 0. The largest absolute Gasteiger partial charge is 0.368 e. The summed E-state index contributed by atoms with van der Waals surface area (Å²) in [6.07, 6.45) is 3.28. The second-order valence-electron chi connectivity index (χ2n) is 4.81. The van der Waals surface area contributed by atoms with E-state index in [2.05, 4.69) is 4.98 Å². The average molecular weight is 257 g/mol. The molecule has 3 rings (SSSR count). The van der Waals surface area contributed by atoms with Gasteiger partial charge in [0.2, 0.25) is 5.91 Å². The lowest BCUT2D eigenvalue weighted by atomic mass is 10.1. The highest BCUT2D eigenvalue weighted by Crippen LogP contribution is 2.23. The molecule has 1 saturated heterocycles. The van der Waals surface area contributed by atoms with Crippen molar-refractivity contribution in [1.29, 1.82) is 0 Å². The number of H-pyrrole nitrogens is 1. The van der Waals surface area contributed by atoms with E-state index in [1.807, 2.05) is 18.2 Å². The van der Waals surface area contributed by atoms with Gasteiger partial charge in [-0.1, -0.05) is 12.1 Å². The number of nitrogens with two attached hydrogens (primary N) is 1. The zero-order valence-electron chi connectivity index (χ0n) is 10.4. The van der Waals surface area contributed by atoms with E-state index in [4.69, 9.17) is 5.73 Å². The third-order valence-corrected chi connectivity index (χ3v) is 3.66. The maximum absolute atomic E-state index is 12.6. The van der Waals surface area contributed by atoms with E-state index < -0.39 is 11.9 Å². The summed E-state index contributed by atoms with van der Waals surface area (Å²) in [5, 5.41) is 0.987. The fourth-order valence-corrected chi connectivity index (χ4v) is 2.72. The molecule has 0 aliphatic carbocycles. The van der Waals surface area contributed by atoms with Crippen molar-refractivity contribution >= 4 is 22.7 Å². The molecule has 3 N–H and O–H groups in total. The Kier molecular flexibility index (Phi) is 2.74. The summed E-state index contributed by atoms with van der Waals surface area (Å²) in [6.45, 7) is 0.587. The number of aromatic amines is 1. The molecule has 1 aromatic heterocycles. The van der Waals surface area contributed by atoms with Crippen molar-refractivity contribution in [3.63, 3.8) is 0 Å². The smallest absolute Gasteiger partial charge is 0.256 e. The van der Waals surface area contributed by atoms with Gasteiger partial charge in [-0.25, -0.2) is 0 Å². The highest BCUT2D eigenvalue weighted by molar-refractivity contribution is 6.07. The van der Waals surface area contributed by atoms with Crippen molar-refractivity contribution in [3.8, 4) is 0 Å². The number of nitrogens with zero attached hydrogens (tertiary/aromatic N) is 1. The van der Waals surface area contributed by atoms with E-state index in [1.165, 1.54) is 0 Å². The molecule has 0 saturated carbocycles. The molecule has 0 spiro atoms. The van der Waals surface area contributed by atoms with Crippen molar-refractivity contribution in [2.45, 2.75) is 18.9 Å². The van der Waals surface area contributed by atoms with Crippen LogP contribution in [0, 0.1) is 0 Å². The normalized spacial score (nSPS) is 18.9. The van der Waals surface area contributed by atoms with Crippen molar-refractivity contribution < 1.29 is 9.59 Å². The fraction of sp³-hybridized carbons (Fsp3) is 0.286. The lowest BCUT2D eigenvalue weighted by molar-refractivity contribution is -0.121. The van der Waals surface area contributed by atoms with Gasteiger partial charge in [-0.05, 0) is 25.0 Å². The van der Waals surface area contributed by atoms with E-state index in [9.17, 15) is 9.59 Å². The molecule has 19 heavy (non-hydrogen) atoms. The lowest BCUT2D eigenvalue weighted by Crippen LogP contribution is -2.43. The number of hydrogen-bond donors (Lipinski definition) is 2. The van der Waals surface area contributed by atoms with Crippen LogP contribution in [0.2, 0.25) is 0 Å². The highest BCUT2D eigenvalue weighted by Gasteiger charge is 2.33. The minimum absolute atomic E-state index is 0.130. The number of rotatable bonds is 2. The Labute approximate surface area is 110 Å². The zero-order chi connectivity index (χ0) is 13.4. The van der Waals surface area contributed by atoms with Gasteiger partial charge in [-0.3, -0.25) is 9.59 Å². The van der Waals surface area contributed by atoms with Gasteiger partial charge in [-0.2, -0.15) is 0 Å². The number of carbonyl (C=O) groups is 2. The van der Waals surface area contributed by atoms with Gasteiger partial charge in [0.15, 0.2) is 0 Å². The molecule has 1 atom stereocenters. The molecule has 5 heteroatoms. The van der Waals surface area contributed by atoms with Crippen LogP contribution in [0.3, 0.4) is 0 Å². The van der Waals surface area contributed by atoms with Gasteiger partial charge in [-0.15, -0.1) is 0 Å². The first kappa shape index (κ1) is 11.8. The Bertz CT molecular complexity index is 647. The molecule has 1 unspecified atom stereocenters. The standard InChI is InChI=1S/C14H15N3O2/c15-13(18)11-5-2-8-17(11)14(19)10-4-1-3-9-6-7-16-12(9)10/h1,3-4,6-7,11,16H,2,5,8H2,(H2,15,18). The van der Waals surface area contributed by atoms with Crippen molar-refractivity contribution in [2.24, 2.45) is 5.73 Å². The Morgan fingerprint density at radius 1 is 1.32 bits per heavy atom. The number of primary amides is 1. The Hall–Kier alpha value is -2.30. The molecule has 1 fully saturated rings. The Balaban J connectivity index is 2.00. The van der Waals surface area contributed by atoms with Crippen LogP contribution in [0.1, 0.15) is 23.2 Å². The summed E-state index contributed by atoms with van der Waals surface area (Å²) in [5.74, 6) is -0.557. The minimum Gasteiger partial charge on any atom is -0.368 e. The second-order valence-corrected chi connectivity index (χ2v) is 4.81. The van der Waals surface area contributed by atoms with Crippen LogP contribution in [0.5, 0.6) is 0 Å². The van der Waals surface area contributed by atoms with Gasteiger partial charge >= 0.3 is 0 Å². The number of para-hydroxylation sites is 1. The third kappa shape index (κ3) is 1.87. The first-order valence-electron chi connectivity index (χ1n) is 6.35. The molecule has 2 heterocycles. The molecule has 5 nitrogen and oxygen atoms in total. The van der Waals surface area contributed by atoms with Crippen LogP contribution in [0.15, 0.2) is 30.5 Å². The number of aromatic nitrogens is 1. The second kappa shape index (κ2) is 4.42. The fourth-order valence-electron chi connectivity index (χ4n) is 2.72. The molecule has 1 aliphatic heterocycles. The Morgan fingerprint density at radius 3 is 2.95 bits per heavy atom. The van der Waals surface area contributed by atoms with E-state index in [0.717, 1.165) is 17.3 Å². The molecule has 2 aromatic rings. The van der Waals surface area contributed by atoms with Gasteiger partial charge in [0.25, 0.3) is 5.91 Å². The topological polar surface area (TPSA) is 79.2 Å². The van der Waals surface area contributed by atoms with Crippen molar-refractivity contribution in [1.82, 2.24) is 9.88 Å². The van der Waals surface area contributed by atoms with Gasteiger partial charge < -0.3 is 15.6 Å². The van der Waals surface area contributed by atoms with Crippen LogP contribution in [-0.4, -0.2) is 34.3 Å². The Morgan fingerprint density at radius 2 is 2.16 bits per heavy atom. The molecule has 98 valence electrons. The predicted molar refractivity (Wildman–Crippen MR) is 71.6 cm³/mol. The van der Waals surface area contributed by atoms with E-state index >= 15 is 0 Å². The SMILES string of the molecule is NC(=O)C1CCCN1C(=O)c1cccc2cc[nH]c12. The number of likely N-dealkylation sites (tertiary alicyclic amines) is 1. The molecule has 2 amide bonds. The van der Waals surface area contributed by atoms with Crippen molar-refractivity contribution in [2.75, 3.05) is 6.54 Å². The molecule has 0 bridgehead atoms. The quantitative estimate of drug-likeness (QED) is 0.849. The zero-order valence-corrected chi connectivity index (χ0v) is 10.4. The van der Waals surface area contributed by atoms with Crippen LogP contribution in [-0.2, 0) is 4.79 Å². The number of hydrogen-bond acceptors (Lipinski definition) is 2. The average Bonchev–Trinajstić information content (AvgIpc) is 3.05. The number of amides is 2. The van der Waals surface area contributed by atoms with E-state index in [1.54, 1.807) is 17.2 Å². The summed E-state index contributed by atoms with van der Waals surface area (Å²) in [5.41, 5.74) is 6.76. The number of benzene rings is 1. The molecule has 1 aromatic carbocycles. The van der Waals surface area contributed by atoms with Crippen LogP contribution in [0.25, 0.3) is 10.9 Å². The molecular weight excluding hydrogens is 242 g/mol. The third-order valence-electron chi connectivity index (χ3n) is 3.66. The predicted octanol–water partition coefficient (Wildman–Crippen LogP) is 1.26. The van der Waals surface area contributed by atoms with Gasteiger partial charge in [0, 0.05) is 18.1 Å². The lowest BCUT2D eigenvalue weighted by Gasteiger charge is -2.22. The molecule has 1 aliphatic rings. The van der Waals surface area contributed by atoms with E-state index in [0.29, 0.717) is 18.5 Å². The van der Waals surface area contributed by atoms with Gasteiger partial charge in [0.1, 0.15) is 6.04 Å². The monoisotopic (exact) mass is 257 g/mol. The highest BCUT2D eigenvalue weighted by atomic mass is 16.2.